The lowest BCUT2D eigenvalue weighted by atomic mass is 10.1. The number of ether oxygens (including phenoxy) is 2. The smallest absolute Gasteiger partial charge is 0.257 e. The highest BCUT2D eigenvalue weighted by Crippen LogP contribution is 2.14. The van der Waals surface area contributed by atoms with Gasteiger partial charge in [-0.2, -0.15) is 0 Å². The van der Waals surface area contributed by atoms with Crippen molar-refractivity contribution in [1.82, 2.24) is 4.98 Å². The molecule has 0 bridgehead atoms. The molecule has 1 aromatic carbocycles. The molecule has 0 spiro atoms. The zero-order valence-electron chi connectivity index (χ0n) is 16.7. The molecule has 0 aliphatic rings. The Labute approximate surface area is 162 Å². The zero-order chi connectivity index (χ0) is 19.7. The molecule has 0 atom stereocenters. The van der Waals surface area contributed by atoms with E-state index in [0.29, 0.717) is 24.7 Å². The van der Waals surface area contributed by atoms with Crippen molar-refractivity contribution in [2.45, 2.75) is 52.6 Å². The maximum atomic E-state index is 12.3. The van der Waals surface area contributed by atoms with Crippen molar-refractivity contribution < 1.29 is 14.3 Å². The number of unbranched alkanes of at least 4 members (excludes halogenated alkanes) is 1. The minimum atomic E-state index is -0.188. The number of carbonyl (C=O) groups is 1. The third kappa shape index (κ3) is 7.79. The van der Waals surface area contributed by atoms with E-state index < -0.39 is 0 Å². The van der Waals surface area contributed by atoms with Gasteiger partial charge in [0.1, 0.15) is 6.61 Å². The maximum Gasteiger partial charge on any atom is 0.257 e. The monoisotopic (exact) mass is 370 g/mol. The van der Waals surface area contributed by atoms with Gasteiger partial charge in [-0.05, 0) is 57.4 Å². The molecule has 1 aromatic heterocycles. The SMILES string of the molecule is CCCCc1ccc(NC(=O)c2ccc(OCCOC(C)(C)C)nc2)cc1. The lowest BCUT2D eigenvalue weighted by Gasteiger charge is -2.19. The predicted molar refractivity (Wildman–Crippen MR) is 108 cm³/mol. The molecular weight excluding hydrogens is 340 g/mol. The van der Waals surface area contributed by atoms with Crippen LogP contribution in [0.3, 0.4) is 0 Å². The molecule has 0 aliphatic heterocycles. The lowest BCUT2D eigenvalue weighted by Crippen LogP contribution is -2.22. The van der Waals surface area contributed by atoms with Gasteiger partial charge in [-0.1, -0.05) is 25.5 Å². The van der Waals surface area contributed by atoms with Gasteiger partial charge in [0.05, 0.1) is 17.8 Å². The van der Waals surface area contributed by atoms with Crippen LogP contribution in [0.4, 0.5) is 5.69 Å². The highest BCUT2D eigenvalue weighted by molar-refractivity contribution is 6.04. The molecule has 0 aliphatic carbocycles. The number of hydrogen-bond acceptors (Lipinski definition) is 4. The molecule has 1 N–H and O–H groups in total. The Hall–Kier alpha value is -2.40. The topological polar surface area (TPSA) is 60.5 Å². The van der Waals surface area contributed by atoms with Crippen molar-refractivity contribution in [3.63, 3.8) is 0 Å². The van der Waals surface area contributed by atoms with E-state index in [9.17, 15) is 4.79 Å². The summed E-state index contributed by atoms with van der Waals surface area (Å²) in [4.78, 5) is 16.5. The molecular formula is C22H30N2O3. The summed E-state index contributed by atoms with van der Waals surface area (Å²) in [5.74, 6) is 0.288. The van der Waals surface area contributed by atoms with Crippen molar-refractivity contribution in [3.8, 4) is 5.88 Å². The average Bonchev–Trinajstić information content (AvgIpc) is 2.64. The lowest BCUT2D eigenvalue weighted by molar-refractivity contribution is -0.0168. The molecule has 5 heteroatoms. The van der Waals surface area contributed by atoms with Crippen LogP contribution < -0.4 is 10.1 Å². The van der Waals surface area contributed by atoms with E-state index in [1.54, 1.807) is 12.1 Å². The van der Waals surface area contributed by atoms with Gasteiger partial charge in [0.2, 0.25) is 5.88 Å². The number of rotatable bonds is 9. The molecule has 5 nitrogen and oxygen atoms in total. The fraction of sp³-hybridized carbons (Fsp3) is 0.455. The second-order valence-electron chi connectivity index (χ2n) is 7.45. The molecule has 1 heterocycles. The van der Waals surface area contributed by atoms with Gasteiger partial charge in [-0.25, -0.2) is 4.98 Å². The molecule has 0 saturated carbocycles. The van der Waals surface area contributed by atoms with Gasteiger partial charge in [-0.3, -0.25) is 4.79 Å². The van der Waals surface area contributed by atoms with Gasteiger partial charge < -0.3 is 14.8 Å². The maximum absolute atomic E-state index is 12.3. The number of anilines is 1. The largest absolute Gasteiger partial charge is 0.475 e. The molecule has 0 radical (unpaired) electrons. The van der Waals surface area contributed by atoms with Gasteiger partial charge in [0.25, 0.3) is 5.91 Å². The molecule has 27 heavy (non-hydrogen) atoms. The first-order valence-corrected chi connectivity index (χ1v) is 9.50. The van der Waals surface area contributed by atoms with Gasteiger partial charge in [0.15, 0.2) is 0 Å². The Morgan fingerprint density at radius 2 is 1.81 bits per heavy atom. The highest BCUT2D eigenvalue weighted by Gasteiger charge is 2.10. The van der Waals surface area contributed by atoms with Crippen LogP contribution in [0.1, 0.15) is 56.5 Å². The minimum absolute atomic E-state index is 0.188. The first kappa shape index (κ1) is 20.9. The van der Waals surface area contributed by atoms with Crippen molar-refractivity contribution in [2.24, 2.45) is 0 Å². The number of aryl methyl sites for hydroxylation is 1. The molecule has 0 fully saturated rings. The molecule has 0 unspecified atom stereocenters. The number of amides is 1. The second-order valence-corrected chi connectivity index (χ2v) is 7.45. The van der Waals surface area contributed by atoms with Gasteiger partial charge in [-0.15, -0.1) is 0 Å². The van der Waals surface area contributed by atoms with Gasteiger partial charge in [0, 0.05) is 18.0 Å². The second kappa shape index (κ2) is 10.1. The van der Waals surface area contributed by atoms with E-state index in [0.717, 1.165) is 12.1 Å². The minimum Gasteiger partial charge on any atom is -0.475 e. The van der Waals surface area contributed by atoms with E-state index in [1.807, 2.05) is 32.9 Å². The number of benzene rings is 1. The van der Waals surface area contributed by atoms with Crippen LogP contribution in [0.5, 0.6) is 5.88 Å². The molecule has 2 aromatic rings. The Balaban J connectivity index is 1.82. The van der Waals surface area contributed by atoms with Crippen LogP contribution in [0.15, 0.2) is 42.6 Å². The highest BCUT2D eigenvalue weighted by atomic mass is 16.5. The standard InChI is InChI=1S/C22H30N2O3/c1-5-6-7-17-8-11-19(12-9-17)24-21(25)18-10-13-20(23-16-18)26-14-15-27-22(2,3)4/h8-13,16H,5-7,14-15H2,1-4H3,(H,24,25). The molecule has 1 amide bonds. The van der Waals surface area contributed by atoms with Crippen LogP contribution in [0, 0.1) is 0 Å². The van der Waals surface area contributed by atoms with E-state index in [2.05, 4.69) is 29.4 Å². The van der Waals surface area contributed by atoms with Crippen molar-refractivity contribution in [3.05, 3.63) is 53.7 Å². The van der Waals surface area contributed by atoms with E-state index in [4.69, 9.17) is 9.47 Å². The summed E-state index contributed by atoms with van der Waals surface area (Å²) < 4.78 is 11.1. The van der Waals surface area contributed by atoms with E-state index >= 15 is 0 Å². The Morgan fingerprint density at radius 3 is 2.41 bits per heavy atom. The van der Waals surface area contributed by atoms with Crippen molar-refractivity contribution in [2.75, 3.05) is 18.5 Å². The van der Waals surface area contributed by atoms with E-state index in [-0.39, 0.29) is 11.5 Å². The number of pyridine rings is 1. The average molecular weight is 370 g/mol. The number of carbonyl (C=O) groups excluding carboxylic acids is 1. The van der Waals surface area contributed by atoms with E-state index in [1.165, 1.54) is 24.6 Å². The number of hydrogen-bond donors (Lipinski definition) is 1. The Bertz CT molecular complexity index is 704. The summed E-state index contributed by atoms with van der Waals surface area (Å²) in [6, 6.07) is 11.4. The van der Waals surface area contributed by atoms with Crippen LogP contribution in [-0.2, 0) is 11.2 Å². The summed E-state index contributed by atoms with van der Waals surface area (Å²) in [5.41, 5.74) is 2.36. The number of nitrogens with zero attached hydrogens (tertiary/aromatic N) is 1. The van der Waals surface area contributed by atoms with Crippen molar-refractivity contribution >= 4 is 11.6 Å². The number of aromatic nitrogens is 1. The third-order valence-corrected chi connectivity index (χ3v) is 3.90. The Morgan fingerprint density at radius 1 is 1.07 bits per heavy atom. The zero-order valence-corrected chi connectivity index (χ0v) is 16.7. The molecule has 146 valence electrons. The van der Waals surface area contributed by atoms with Crippen molar-refractivity contribution in [1.29, 1.82) is 0 Å². The fourth-order valence-electron chi connectivity index (χ4n) is 2.43. The summed E-state index contributed by atoms with van der Waals surface area (Å²) in [5, 5.41) is 2.89. The quantitative estimate of drug-likeness (QED) is 0.640. The summed E-state index contributed by atoms with van der Waals surface area (Å²) in [6.07, 6.45) is 4.94. The van der Waals surface area contributed by atoms with Crippen LogP contribution in [0.25, 0.3) is 0 Å². The Kier molecular flexibility index (Phi) is 7.80. The van der Waals surface area contributed by atoms with Gasteiger partial charge >= 0.3 is 0 Å². The first-order chi connectivity index (χ1) is 12.9. The summed E-state index contributed by atoms with van der Waals surface area (Å²) in [7, 11) is 0. The van der Waals surface area contributed by atoms with Crippen LogP contribution in [0.2, 0.25) is 0 Å². The molecule has 0 saturated heterocycles. The van der Waals surface area contributed by atoms with Crippen LogP contribution >= 0.6 is 0 Å². The third-order valence-electron chi connectivity index (χ3n) is 3.90. The summed E-state index contributed by atoms with van der Waals surface area (Å²) in [6.45, 7) is 9.08. The normalized spacial score (nSPS) is 11.3. The van der Waals surface area contributed by atoms with Crippen LogP contribution in [-0.4, -0.2) is 29.7 Å². The summed E-state index contributed by atoms with van der Waals surface area (Å²) >= 11 is 0. The molecule has 2 rings (SSSR count). The first-order valence-electron chi connectivity index (χ1n) is 9.50. The predicted octanol–water partition coefficient (Wildman–Crippen LogP) is 4.87. The fourth-order valence-corrected chi connectivity index (χ4v) is 2.43. The number of nitrogens with one attached hydrogen (secondary N) is 1.